The Morgan fingerprint density at radius 1 is 1.21 bits per heavy atom. The lowest BCUT2D eigenvalue weighted by Crippen LogP contribution is -2.59. The number of amides is 2. The quantitative estimate of drug-likeness (QED) is 0.620. The molecule has 0 bridgehead atoms. The molecule has 0 spiro atoms. The van der Waals surface area contributed by atoms with Crippen LogP contribution in [0.4, 0.5) is 4.79 Å². The molecule has 7 nitrogen and oxygen atoms in total. The number of nitrogens with one attached hydrogen (secondary N) is 2. The molecule has 2 heterocycles. The zero-order valence-electron chi connectivity index (χ0n) is 15.8. The van der Waals surface area contributed by atoms with Gasteiger partial charge in [0, 0.05) is 24.3 Å². The number of hydrogen-bond donors (Lipinski definition) is 3. The SMILES string of the molecule is NC(c1ccc2ccncc2c1)[C@@]1(NC(=O)OCc2ccccc2)CCNC1=O. The Bertz CT molecular complexity index is 1040. The second-order valence-electron chi connectivity index (χ2n) is 7.12. The van der Waals surface area contributed by atoms with Gasteiger partial charge < -0.3 is 21.1 Å². The van der Waals surface area contributed by atoms with Gasteiger partial charge in [-0.15, -0.1) is 0 Å². The summed E-state index contributed by atoms with van der Waals surface area (Å²) in [6.45, 7) is 0.544. The van der Waals surface area contributed by atoms with Gasteiger partial charge >= 0.3 is 6.09 Å². The number of alkyl carbamates (subject to hydrolysis) is 1. The predicted octanol–water partition coefficient (Wildman–Crippen LogP) is 2.42. The predicted molar refractivity (Wildman–Crippen MR) is 109 cm³/mol. The molecule has 0 radical (unpaired) electrons. The maximum atomic E-state index is 12.7. The summed E-state index contributed by atoms with van der Waals surface area (Å²) in [6, 6.07) is 16.2. The molecule has 1 fully saturated rings. The van der Waals surface area contributed by atoms with E-state index in [4.69, 9.17) is 10.5 Å². The van der Waals surface area contributed by atoms with E-state index in [1.807, 2.05) is 54.6 Å². The van der Waals surface area contributed by atoms with E-state index in [0.717, 1.165) is 21.9 Å². The molecule has 0 saturated carbocycles. The van der Waals surface area contributed by atoms with Crippen molar-refractivity contribution >= 4 is 22.8 Å². The first-order chi connectivity index (χ1) is 14.1. The smallest absolute Gasteiger partial charge is 0.408 e. The summed E-state index contributed by atoms with van der Waals surface area (Å²) in [5.74, 6) is -0.312. The van der Waals surface area contributed by atoms with Crippen LogP contribution in [0.3, 0.4) is 0 Å². The van der Waals surface area contributed by atoms with Crippen molar-refractivity contribution in [2.75, 3.05) is 6.54 Å². The van der Waals surface area contributed by atoms with Crippen molar-refractivity contribution in [2.24, 2.45) is 5.73 Å². The Kier molecular flexibility index (Phi) is 5.14. The fourth-order valence-corrected chi connectivity index (χ4v) is 3.66. The highest BCUT2D eigenvalue weighted by atomic mass is 16.5. The fraction of sp³-hybridized carbons (Fsp3) is 0.227. The number of carbonyl (C=O) groups is 2. The average Bonchev–Trinajstić information content (AvgIpc) is 3.13. The van der Waals surface area contributed by atoms with Gasteiger partial charge in [-0.1, -0.05) is 42.5 Å². The molecule has 2 aromatic carbocycles. The molecule has 0 aliphatic carbocycles. The first kappa shape index (κ1) is 18.9. The van der Waals surface area contributed by atoms with E-state index in [1.54, 1.807) is 12.4 Å². The molecule has 1 aliphatic heterocycles. The molecule has 1 unspecified atom stereocenters. The zero-order valence-corrected chi connectivity index (χ0v) is 15.8. The van der Waals surface area contributed by atoms with E-state index in [0.29, 0.717) is 13.0 Å². The van der Waals surface area contributed by atoms with Gasteiger partial charge in [0.05, 0.1) is 6.04 Å². The molecule has 4 rings (SSSR count). The Morgan fingerprint density at radius 3 is 2.79 bits per heavy atom. The summed E-state index contributed by atoms with van der Waals surface area (Å²) in [7, 11) is 0. The fourth-order valence-electron chi connectivity index (χ4n) is 3.66. The topological polar surface area (TPSA) is 106 Å². The largest absolute Gasteiger partial charge is 0.445 e. The number of fused-ring (bicyclic) bond motifs is 1. The number of rotatable bonds is 5. The van der Waals surface area contributed by atoms with Crippen LogP contribution < -0.4 is 16.4 Å². The minimum Gasteiger partial charge on any atom is -0.445 e. The molecule has 1 aliphatic rings. The lowest BCUT2D eigenvalue weighted by Gasteiger charge is -2.33. The van der Waals surface area contributed by atoms with Gasteiger partial charge in [0.15, 0.2) is 0 Å². The zero-order chi connectivity index (χ0) is 20.3. The molecule has 7 heteroatoms. The third-order valence-corrected chi connectivity index (χ3v) is 5.30. The lowest BCUT2D eigenvalue weighted by molar-refractivity contribution is -0.125. The molecule has 2 amide bonds. The number of carbonyl (C=O) groups excluding carboxylic acids is 2. The summed E-state index contributed by atoms with van der Waals surface area (Å²) in [5, 5.41) is 7.46. The van der Waals surface area contributed by atoms with E-state index >= 15 is 0 Å². The lowest BCUT2D eigenvalue weighted by atomic mass is 9.84. The van der Waals surface area contributed by atoms with Crippen LogP contribution in [0, 0.1) is 0 Å². The molecule has 2 atom stereocenters. The van der Waals surface area contributed by atoms with Crippen molar-refractivity contribution in [2.45, 2.75) is 24.6 Å². The van der Waals surface area contributed by atoms with Crippen molar-refractivity contribution in [3.05, 3.63) is 78.1 Å². The highest BCUT2D eigenvalue weighted by molar-refractivity contribution is 5.93. The molecule has 29 heavy (non-hydrogen) atoms. The number of benzene rings is 2. The van der Waals surface area contributed by atoms with Crippen LogP contribution in [0.1, 0.15) is 23.6 Å². The van der Waals surface area contributed by atoms with Gasteiger partial charge in [-0.2, -0.15) is 0 Å². The standard InChI is InChI=1S/C22H22N4O3/c23-19(17-7-6-16-8-10-24-13-18(16)12-17)22(9-11-25-20(22)27)26-21(28)29-14-15-4-2-1-3-5-15/h1-8,10,12-13,19H,9,11,14,23H2,(H,25,27)(H,26,28)/t19?,22-/m0/s1. The molecular formula is C22H22N4O3. The summed E-state index contributed by atoms with van der Waals surface area (Å²) >= 11 is 0. The second kappa shape index (κ2) is 7.89. The molecule has 1 aromatic heterocycles. The summed E-state index contributed by atoms with van der Waals surface area (Å²) in [4.78, 5) is 29.3. The third-order valence-electron chi connectivity index (χ3n) is 5.30. The van der Waals surface area contributed by atoms with E-state index in [2.05, 4.69) is 15.6 Å². The first-order valence-electron chi connectivity index (χ1n) is 9.45. The van der Waals surface area contributed by atoms with Crippen LogP contribution in [0.2, 0.25) is 0 Å². The van der Waals surface area contributed by atoms with Crippen molar-refractivity contribution in [1.82, 2.24) is 15.6 Å². The minimum atomic E-state index is -1.27. The van der Waals surface area contributed by atoms with Crippen LogP contribution in [-0.2, 0) is 16.1 Å². The van der Waals surface area contributed by atoms with Gasteiger partial charge in [0.25, 0.3) is 0 Å². The number of hydrogen-bond acceptors (Lipinski definition) is 5. The van der Waals surface area contributed by atoms with Crippen molar-refractivity contribution in [3.63, 3.8) is 0 Å². The van der Waals surface area contributed by atoms with Crippen LogP contribution in [0.5, 0.6) is 0 Å². The van der Waals surface area contributed by atoms with E-state index in [-0.39, 0.29) is 12.5 Å². The molecular weight excluding hydrogens is 368 g/mol. The average molecular weight is 390 g/mol. The van der Waals surface area contributed by atoms with Gasteiger partial charge in [-0.05, 0) is 35.1 Å². The van der Waals surface area contributed by atoms with Crippen LogP contribution in [-0.4, -0.2) is 29.1 Å². The van der Waals surface area contributed by atoms with Crippen molar-refractivity contribution < 1.29 is 14.3 Å². The van der Waals surface area contributed by atoms with Crippen LogP contribution >= 0.6 is 0 Å². The molecule has 148 valence electrons. The van der Waals surface area contributed by atoms with Gasteiger partial charge in [-0.3, -0.25) is 9.78 Å². The number of ether oxygens (including phenoxy) is 1. The number of aromatic nitrogens is 1. The summed E-state index contributed by atoms with van der Waals surface area (Å²) in [6.07, 6.45) is 3.16. The Hall–Kier alpha value is -3.45. The van der Waals surface area contributed by atoms with Crippen LogP contribution in [0.15, 0.2) is 67.0 Å². The number of pyridine rings is 1. The Balaban J connectivity index is 1.55. The highest BCUT2D eigenvalue weighted by Crippen LogP contribution is 2.32. The van der Waals surface area contributed by atoms with E-state index in [1.165, 1.54) is 0 Å². The van der Waals surface area contributed by atoms with Crippen molar-refractivity contribution in [1.29, 1.82) is 0 Å². The summed E-state index contributed by atoms with van der Waals surface area (Å²) < 4.78 is 5.32. The monoisotopic (exact) mass is 390 g/mol. The maximum Gasteiger partial charge on any atom is 0.408 e. The van der Waals surface area contributed by atoms with Gasteiger partial charge in [-0.25, -0.2) is 4.79 Å². The van der Waals surface area contributed by atoms with E-state index in [9.17, 15) is 9.59 Å². The minimum absolute atomic E-state index is 0.112. The Labute approximate surface area is 168 Å². The number of nitrogens with two attached hydrogens (primary N) is 1. The van der Waals surface area contributed by atoms with Crippen LogP contribution in [0.25, 0.3) is 10.8 Å². The molecule has 4 N–H and O–H groups in total. The van der Waals surface area contributed by atoms with E-state index < -0.39 is 17.7 Å². The molecule has 1 saturated heterocycles. The van der Waals surface area contributed by atoms with Crippen molar-refractivity contribution in [3.8, 4) is 0 Å². The number of nitrogens with zero attached hydrogens (tertiary/aromatic N) is 1. The second-order valence-corrected chi connectivity index (χ2v) is 7.12. The third kappa shape index (κ3) is 3.77. The van der Waals surface area contributed by atoms with Gasteiger partial charge in [0.2, 0.25) is 5.91 Å². The Morgan fingerprint density at radius 2 is 2.03 bits per heavy atom. The maximum absolute atomic E-state index is 12.7. The normalized spacial score (nSPS) is 19.6. The van der Waals surface area contributed by atoms with Gasteiger partial charge in [0.1, 0.15) is 12.1 Å². The highest BCUT2D eigenvalue weighted by Gasteiger charge is 2.49. The molecule has 3 aromatic rings. The first-order valence-corrected chi connectivity index (χ1v) is 9.45. The summed E-state index contributed by atoms with van der Waals surface area (Å²) in [5.41, 5.74) is 6.85.